The Labute approximate surface area is 711 Å². The van der Waals surface area contributed by atoms with Crippen LogP contribution in [0.3, 0.4) is 0 Å². The van der Waals surface area contributed by atoms with Gasteiger partial charge in [0.1, 0.15) is 99.0 Å². The van der Waals surface area contributed by atoms with E-state index in [1.165, 1.54) is 51.4 Å². The second kappa shape index (κ2) is 44.8. The lowest BCUT2D eigenvalue weighted by Crippen LogP contribution is -2.67. The molecule has 4 heterocycles. The molecule has 1 saturated carbocycles. The first kappa shape index (κ1) is 111. The minimum atomic E-state index is -0.379. The van der Waals surface area contributed by atoms with E-state index in [4.69, 9.17) is 0 Å². The molecule has 3 aliphatic heterocycles. The van der Waals surface area contributed by atoms with E-state index in [0.29, 0.717) is 30.0 Å². The predicted octanol–water partition coefficient (Wildman–Crippen LogP) is 24.9. The van der Waals surface area contributed by atoms with Crippen LogP contribution in [0, 0.1) is 37.9 Å². The summed E-state index contributed by atoms with van der Waals surface area (Å²) in [4.78, 5) is 3.89. The van der Waals surface area contributed by atoms with Gasteiger partial charge in [-0.15, -0.1) is 0 Å². The second-order valence-corrected chi connectivity index (χ2v) is 43.1. The number of pyridine rings is 1. The highest BCUT2D eigenvalue weighted by atomic mass is 16.6. The fourth-order valence-corrected chi connectivity index (χ4v) is 14.6. The second-order valence-electron chi connectivity index (χ2n) is 43.1. The van der Waals surface area contributed by atoms with Crippen molar-refractivity contribution in [1.82, 2.24) is 14.3 Å². The van der Waals surface area contributed by atoms with Crippen LogP contribution in [0.1, 0.15) is 305 Å². The van der Waals surface area contributed by atoms with Crippen LogP contribution < -0.4 is 14.4 Å². The maximum atomic E-state index is 13.3. The Bertz CT molecular complexity index is 3360. The Hall–Kier alpha value is -4.85. The number of nitrogens with zero attached hydrogens (tertiary/aromatic N) is 10. The minimum Gasteiger partial charge on any atom is -0.758 e. The van der Waals surface area contributed by atoms with E-state index in [1.807, 2.05) is 281 Å². The summed E-state index contributed by atoms with van der Waals surface area (Å²) >= 11 is 0. The van der Waals surface area contributed by atoms with E-state index in [1.54, 1.807) is 38.6 Å². The number of hydrogen-bond acceptors (Lipinski definition) is 11. The van der Waals surface area contributed by atoms with Gasteiger partial charge in [0.25, 0.3) is 0 Å². The zero-order valence-electron chi connectivity index (χ0n) is 81.2. The molecular weight excluding hydrogens is 1450 g/mol. The molecule has 19 heteroatoms. The van der Waals surface area contributed by atoms with Crippen molar-refractivity contribution in [3.63, 3.8) is 0 Å². The van der Waals surface area contributed by atoms with Gasteiger partial charge < -0.3 is 49.7 Å². The Balaban J connectivity index is 0.00000129. The summed E-state index contributed by atoms with van der Waals surface area (Å²) in [5.41, 5.74) is 2.38. The maximum absolute atomic E-state index is 13.3. The summed E-state index contributed by atoms with van der Waals surface area (Å²) in [6, 6.07) is 42.3. The van der Waals surface area contributed by atoms with Gasteiger partial charge in [0.15, 0.2) is 0 Å². The van der Waals surface area contributed by atoms with Gasteiger partial charge in [-0.3, -0.25) is 4.98 Å². The van der Waals surface area contributed by atoms with Gasteiger partial charge in [0.2, 0.25) is 0 Å². The summed E-state index contributed by atoms with van der Waals surface area (Å²) in [5, 5.41) is 104. The van der Waals surface area contributed by atoms with Crippen molar-refractivity contribution in [3.8, 4) is 0 Å². The molecular formula is C97H179N10O9+3. The Kier molecular flexibility index (Phi) is 42.9. The fraction of sp³-hybridized carbons (Fsp3) is 0.701. The van der Waals surface area contributed by atoms with Gasteiger partial charge >= 0.3 is 0 Å². The van der Waals surface area contributed by atoms with Crippen LogP contribution in [-0.2, 0) is 13.1 Å². The molecule has 1 aromatic heterocycles. The predicted molar refractivity (Wildman–Crippen MR) is 494 cm³/mol. The van der Waals surface area contributed by atoms with Crippen molar-refractivity contribution in [2.45, 2.75) is 362 Å². The van der Waals surface area contributed by atoms with Crippen LogP contribution in [0.15, 0.2) is 146 Å². The molecule has 668 valence electrons. The topological polar surface area (TPSA) is 212 Å². The largest absolute Gasteiger partial charge is 0.758 e. The summed E-state index contributed by atoms with van der Waals surface area (Å²) in [6.07, 6.45) is 13.6. The SMILES string of the molecule is CC(C)(C)N([O-])c1ccccc1.CC(C)(C)[N+](C)([O-])Cc1ccccc1.CC(C)(C)[N+](C)([O-])c1ccncc1.CC(C)(C)[N+]([O-])(c1ccccc1)C(C)(C)C.CC(C)(C)[N+]1(O)CC2CCC(CC2)C1.CC(C)(C)[N+]1(O)CCCCCC1.CC[N+](O)(CC)C(C)(C)C.CC[N+](O)(CC)C(C)(C)C.CC[N+]([O-])(Cc1ccccc1)C(C)(C)C. The molecule has 1 aliphatic carbocycles. The number of aromatic nitrogens is 1. The van der Waals surface area contributed by atoms with E-state index in [2.05, 4.69) is 88.1 Å². The van der Waals surface area contributed by atoms with E-state index >= 15 is 0 Å². The van der Waals surface area contributed by atoms with Gasteiger partial charge in [0.05, 0.1) is 48.3 Å². The molecule has 116 heavy (non-hydrogen) atoms. The molecule has 3 saturated heterocycles. The molecule has 3 atom stereocenters. The quantitative estimate of drug-likeness (QED) is 0.0681. The third kappa shape index (κ3) is 33.9. The number of fused-ring (bicyclic) bond motifs is 4. The number of hydroxylamine groups is 23. The van der Waals surface area contributed by atoms with Crippen LogP contribution in [0.2, 0.25) is 0 Å². The van der Waals surface area contributed by atoms with Gasteiger partial charge in [-0.25, -0.2) is 20.8 Å². The third-order valence-electron chi connectivity index (χ3n) is 24.8. The van der Waals surface area contributed by atoms with Crippen molar-refractivity contribution in [1.29, 1.82) is 0 Å². The molecule has 4 fully saturated rings. The molecule has 4 N–H and O–H groups in total. The average molecular weight is 1630 g/mol. The molecule has 0 amide bonds. The fourth-order valence-electron chi connectivity index (χ4n) is 14.6. The average Bonchev–Trinajstić information content (AvgIpc) is 0.908. The van der Waals surface area contributed by atoms with E-state index < -0.39 is 0 Å². The highest BCUT2D eigenvalue weighted by Crippen LogP contribution is 2.42. The van der Waals surface area contributed by atoms with Crippen molar-refractivity contribution in [2.75, 3.05) is 78.1 Å². The molecule has 5 aromatic rings. The van der Waals surface area contributed by atoms with Gasteiger partial charge in [0, 0.05) is 58.7 Å². The van der Waals surface area contributed by atoms with Crippen LogP contribution in [0.25, 0.3) is 0 Å². The molecule has 4 aliphatic rings. The number of likely N-dealkylation sites (tertiary alicyclic amines) is 1. The zero-order chi connectivity index (χ0) is 90.7. The Morgan fingerprint density at radius 1 is 0.379 bits per heavy atom. The zero-order valence-corrected chi connectivity index (χ0v) is 81.2. The molecule has 19 nitrogen and oxygen atoms in total. The van der Waals surface area contributed by atoms with Crippen molar-refractivity contribution >= 4 is 17.1 Å². The highest BCUT2D eigenvalue weighted by Gasteiger charge is 2.49. The molecule has 9 rings (SSSR count). The van der Waals surface area contributed by atoms with Crippen LogP contribution in [0.5, 0.6) is 0 Å². The van der Waals surface area contributed by atoms with Crippen LogP contribution in [-0.4, -0.2) is 182 Å². The monoisotopic (exact) mass is 1630 g/mol. The molecule has 0 spiro atoms. The van der Waals surface area contributed by atoms with Crippen molar-refractivity contribution < 1.29 is 48.7 Å². The van der Waals surface area contributed by atoms with Crippen LogP contribution >= 0.6 is 0 Å². The summed E-state index contributed by atoms with van der Waals surface area (Å²) in [5.74, 6) is 1.55. The van der Waals surface area contributed by atoms with Crippen molar-refractivity contribution in [3.05, 3.63) is 183 Å². The molecule has 4 aromatic carbocycles. The molecule has 0 radical (unpaired) electrons. The number of hydrogen-bond donors (Lipinski definition) is 4. The minimum absolute atomic E-state index is 0.00875. The normalized spacial score (nSPS) is 19.3. The number of quaternary nitrogens is 8. The molecule has 2 bridgehead atoms. The smallest absolute Gasteiger partial charge is 0.136 e. The van der Waals surface area contributed by atoms with Crippen molar-refractivity contribution in [2.24, 2.45) is 11.8 Å². The Morgan fingerprint density at radius 3 is 0.957 bits per heavy atom. The van der Waals surface area contributed by atoms with E-state index in [0.717, 1.165) is 91.8 Å². The lowest BCUT2D eigenvalue weighted by atomic mass is 9.84. The standard InChI is InChI=1S/C14H23NO.C13H21NO.C12H24NO.C12H19NO.C10H16N2O.C10H22NO.C10H14NO.2C8H20NO/c1-13(2,3)15(16,14(4,5)6)12-10-8-7-9-11-12;1-5-14(15,13(2,3)4)11-12-9-7-6-8-10-12;1-12(2,3)13(14)8-10-4-5-11(9-13)7-6-10;1-12(2,3)13(4,14)10-11-8-6-5-7-9-11;1-10(2,3)12(4,13)9-5-7-11-8-6-9;1-10(2,3)11(12)8-6-4-5-7-9-11;1-10(2,3)11(12)9-7-5-4-6-8-9;2*1-6-9(10,7-2)8(3,4)5/h7-11H,1-6H3;6-10H,5,11H2,1-4H3;10-11,14H,4-9H2,1-3H3;5-9H,10H2,1-4H3;5-8H,1-4H3;12H,4-9H2,1-3H3;4-8H,1-3H3;2*10H,6-7H2,1-5H3/q;;+1;;;+1;-1;2*+1. The Morgan fingerprint density at radius 2 is 0.698 bits per heavy atom. The maximum Gasteiger partial charge on any atom is 0.136 e. The number of anilines is 1. The molecule has 3 unspecified atom stereocenters. The summed E-state index contributed by atoms with van der Waals surface area (Å²) in [7, 11) is 3.39. The first-order valence-electron chi connectivity index (χ1n) is 43.6. The van der Waals surface area contributed by atoms with E-state index in [-0.39, 0.29) is 87.9 Å². The third-order valence-corrected chi connectivity index (χ3v) is 24.8. The van der Waals surface area contributed by atoms with E-state index in [9.17, 15) is 46.9 Å². The van der Waals surface area contributed by atoms with Gasteiger partial charge in [-0.2, -0.15) is 18.6 Å². The lowest BCUT2D eigenvalue weighted by molar-refractivity contribution is -1.14. The lowest BCUT2D eigenvalue weighted by Gasteiger charge is -2.60. The number of benzene rings is 4. The first-order valence-corrected chi connectivity index (χ1v) is 43.6. The summed E-state index contributed by atoms with van der Waals surface area (Å²) < 4.78 is -0.209. The highest BCUT2D eigenvalue weighted by molar-refractivity contribution is 5.49. The van der Waals surface area contributed by atoms with Gasteiger partial charge in [-0.05, 0) is 318 Å². The number of para-hydroxylation sites is 2. The first-order chi connectivity index (χ1) is 52.3. The number of rotatable bonds is 12. The van der Waals surface area contributed by atoms with Gasteiger partial charge in [-0.1, -0.05) is 97.1 Å². The summed E-state index contributed by atoms with van der Waals surface area (Å²) in [6.45, 7) is 79.3. The van der Waals surface area contributed by atoms with Crippen LogP contribution in [0.4, 0.5) is 17.1 Å².